The van der Waals surface area contributed by atoms with E-state index in [0.29, 0.717) is 19.4 Å². The minimum Gasteiger partial charge on any atom is -0.371 e. The number of imide groups is 1. The molecule has 25 heavy (non-hydrogen) atoms. The average Bonchev–Trinajstić information content (AvgIpc) is 2.98. The predicted octanol–water partition coefficient (Wildman–Crippen LogP) is 2.38. The highest BCUT2D eigenvalue weighted by molar-refractivity contribution is 5.98. The maximum atomic E-state index is 12.9. The molecular weight excluding hydrogens is 320 g/mol. The van der Waals surface area contributed by atoms with Gasteiger partial charge in [-0.3, -0.25) is 10.1 Å². The molecule has 1 aromatic carbocycles. The maximum Gasteiger partial charge on any atom is 0.321 e. The molecule has 0 spiro atoms. The minimum absolute atomic E-state index is 0.198. The van der Waals surface area contributed by atoms with Crippen LogP contribution in [0.3, 0.4) is 0 Å². The Balaban J connectivity index is 1.77. The Morgan fingerprint density at radius 3 is 2.56 bits per heavy atom. The number of fused-ring (bicyclic) bond motifs is 2. The fraction of sp³-hybridized carbons (Fsp3) is 0.579. The average molecular weight is 346 g/mol. The van der Waals surface area contributed by atoms with Crippen LogP contribution in [-0.4, -0.2) is 36.3 Å². The van der Waals surface area contributed by atoms with Crippen LogP contribution in [-0.2, 0) is 20.9 Å². The van der Waals surface area contributed by atoms with Crippen molar-refractivity contribution in [3.8, 4) is 0 Å². The summed E-state index contributed by atoms with van der Waals surface area (Å²) in [5.74, 6) is -0.300. The molecule has 6 nitrogen and oxygen atoms in total. The molecule has 3 rings (SSSR count). The largest absolute Gasteiger partial charge is 0.371 e. The second kappa shape index (κ2) is 6.11. The Kier molecular flexibility index (Phi) is 4.37. The number of benzene rings is 1. The molecule has 6 heteroatoms. The summed E-state index contributed by atoms with van der Waals surface area (Å²) in [6.45, 7) is 6.29. The number of rotatable bonds is 4. The normalized spacial score (nSPS) is 32.4. The van der Waals surface area contributed by atoms with Crippen LogP contribution >= 0.6 is 0 Å². The zero-order valence-corrected chi connectivity index (χ0v) is 15.2. The van der Waals surface area contributed by atoms with Gasteiger partial charge in [0.1, 0.15) is 0 Å². The van der Waals surface area contributed by atoms with E-state index in [1.807, 2.05) is 51.1 Å². The zero-order chi connectivity index (χ0) is 18.3. The van der Waals surface area contributed by atoms with Gasteiger partial charge in [-0.25, -0.2) is 4.79 Å². The van der Waals surface area contributed by atoms with Crippen LogP contribution < -0.4 is 10.6 Å². The molecule has 136 valence electrons. The lowest BCUT2D eigenvalue weighted by Crippen LogP contribution is -2.57. The molecule has 3 unspecified atom stereocenters. The van der Waals surface area contributed by atoms with Crippen molar-refractivity contribution >= 4 is 11.9 Å². The van der Waals surface area contributed by atoms with Crippen molar-refractivity contribution in [1.82, 2.24) is 10.6 Å². The second-order valence-corrected chi connectivity index (χ2v) is 7.71. The van der Waals surface area contributed by atoms with E-state index in [9.17, 15) is 9.59 Å². The second-order valence-electron chi connectivity index (χ2n) is 7.71. The van der Waals surface area contributed by atoms with Gasteiger partial charge < -0.3 is 14.8 Å². The SMILES string of the molecule is CNC(=O)NC(=O)C12CC(OCc3ccccc3)C(C)(C1)OC2(C)C. The predicted molar refractivity (Wildman–Crippen MR) is 92.9 cm³/mol. The summed E-state index contributed by atoms with van der Waals surface area (Å²) < 4.78 is 12.4. The fourth-order valence-corrected chi connectivity index (χ4v) is 4.30. The third-order valence-corrected chi connectivity index (χ3v) is 5.69. The Morgan fingerprint density at radius 1 is 1.24 bits per heavy atom. The van der Waals surface area contributed by atoms with Crippen LogP contribution in [0.2, 0.25) is 0 Å². The third-order valence-electron chi connectivity index (χ3n) is 5.69. The van der Waals surface area contributed by atoms with Crippen molar-refractivity contribution in [2.75, 3.05) is 7.05 Å². The van der Waals surface area contributed by atoms with Gasteiger partial charge in [0, 0.05) is 7.05 Å². The summed E-state index contributed by atoms with van der Waals surface area (Å²) in [4.78, 5) is 24.5. The summed E-state index contributed by atoms with van der Waals surface area (Å²) in [5, 5.41) is 4.86. The number of urea groups is 1. The lowest BCUT2D eigenvalue weighted by Gasteiger charge is -2.44. The van der Waals surface area contributed by atoms with E-state index in [-0.39, 0.29) is 12.0 Å². The van der Waals surface area contributed by atoms with Gasteiger partial charge in [-0.15, -0.1) is 0 Å². The Bertz CT molecular complexity index is 675. The first-order valence-corrected chi connectivity index (χ1v) is 8.61. The van der Waals surface area contributed by atoms with Crippen LogP contribution in [0.4, 0.5) is 4.79 Å². The van der Waals surface area contributed by atoms with Crippen LogP contribution in [0.5, 0.6) is 0 Å². The van der Waals surface area contributed by atoms with Crippen molar-refractivity contribution in [3.63, 3.8) is 0 Å². The number of amides is 3. The van der Waals surface area contributed by atoms with Gasteiger partial charge in [0.25, 0.3) is 0 Å². The molecule has 1 aromatic rings. The molecule has 2 aliphatic rings. The van der Waals surface area contributed by atoms with Gasteiger partial charge in [0.05, 0.1) is 29.3 Å². The summed E-state index contributed by atoms with van der Waals surface area (Å²) >= 11 is 0. The lowest BCUT2D eigenvalue weighted by molar-refractivity contribution is -0.202. The molecule has 1 heterocycles. The molecule has 3 atom stereocenters. The van der Waals surface area contributed by atoms with Crippen molar-refractivity contribution < 1.29 is 19.1 Å². The number of hydrogen-bond donors (Lipinski definition) is 2. The highest BCUT2D eigenvalue weighted by atomic mass is 16.6. The number of nitrogens with one attached hydrogen (secondary N) is 2. The highest BCUT2D eigenvalue weighted by Gasteiger charge is 2.71. The topological polar surface area (TPSA) is 76.7 Å². The smallest absolute Gasteiger partial charge is 0.321 e. The molecule has 2 fully saturated rings. The Labute approximate surface area is 148 Å². The van der Waals surface area contributed by atoms with Crippen molar-refractivity contribution in [3.05, 3.63) is 35.9 Å². The van der Waals surface area contributed by atoms with E-state index < -0.39 is 22.6 Å². The number of ether oxygens (including phenoxy) is 2. The molecule has 2 bridgehead atoms. The summed E-state index contributed by atoms with van der Waals surface area (Å²) in [6, 6.07) is 9.42. The lowest BCUT2D eigenvalue weighted by atomic mass is 9.72. The van der Waals surface area contributed by atoms with Crippen molar-refractivity contribution in [2.24, 2.45) is 5.41 Å². The third kappa shape index (κ3) is 2.93. The van der Waals surface area contributed by atoms with Crippen LogP contribution in [0, 0.1) is 5.41 Å². The van der Waals surface area contributed by atoms with E-state index >= 15 is 0 Å². The molecule has 0 aromatic heterocycles. The monoisotopic (exact) mass is 346 g/mol. The Hall–Kier alpha value is -1.92. The molecule has 1 aliphatic carbocycles. The summed E-state index contributed by atoms with van der Waals surface area (Å²) in [5.41, 5.74) is -0.905. The number of hydrogen-bond acceptors (Lipinski definition) is 4. The van der Waals surface area contributed by atoms with E-state index in [1.165, 1.54) is 7.05 Å². The maximum absolute atomic E-state index is 12.9. The first kappa shape index (κ1) is 17.9. The Morgan fingerprint density at radius 2 is 1.92 bits per heavy atom. The quantitative estimate of drug-likeness (QED) is 0.877. The zero-order valence-electron chi connectivity index (χ0n) is 15.2. The molecule has 0 radical (unpaired) electrons. The van der Waals surface area contributed by atoms with Gasteiger partial charge in [-0.05, 0) is 39.2 Å². The van der Waals surface area contributed by atoms with Gasteiger partial charge in [-0.2, -0.15) is 0 Å². The number of carbonyl (C=O) groups is 2. The van der Waals surface area contributed by atoms with E-state index in [4.69, 9.17) is 9.47 Å². The molecule has 1 aliphatic heterocycles. The van der Waals surface area contributed by atoms with Gasteiger partial charge in [0.15, 0.2) is 0 Å². The summed E-state index contributed by atoms with van der Waals surface area (Å²) in [6.07, 6.45) is 0.873. The molecular formula is C19H26N2O4. The van der Waals surface area contributed by atoms with E-state index in [1.54, 1.807) is 0 Å². The van der Waals surface area contributed by atoms with Crippen LogP contribution in [0.1, 0.15) is 39.2 Å². The fourth-order valence-electron chi connectivity index (χ4n) is 4.30. The number of carbonyl (C=O) groups excluding carboxylic acids is 2. The standard InChI is InChI=1S/C19H26N2O4/c1-17(2)19(15(22)21-16(23)20-4)10-14(18(3,12-19)25-17)24-11-13-8-6-5-7-9-13/h5-9,14H,10-12H2,1-4H3,(H2,20,21,22,23). The molecule has 2 N–H and O–H groups in total. The van der Waals surface area contributed by atoms with Crippen LogP contribution in [0.25, 0.3) is 0 Å². The minimum atomic E-state index is -0.782. The first-order valence-electron chi connectivity index (χ1n) is 8.61. The molecule has 1 saturated carbocycles. The summed E-state index contributed by atoms with van der Waals surface area (Å²) in [7, 11) is 1.49. The van der Waals surface area contributed by atoms with E-state index in [0.717, 1.165) is 5.56 Å². The van der Waals surface area contributed by atoms with E-state index in [2.05, 4.69) is 10.6 Å². The van der Waals surface area contributed by atoms with Gasteiger partial charge in [-0.1, -0.05) is 30.3 Å². The first-order chi connectivity index (χ1) is 11.7. The van der Waals surface area contributed by atoms with Gasteiger partial charge in [0.2, 0.25) is 5.91 Å². The highest BCUT2D eigenvalue weighted by Crippen LogP contribution is 2.62. The molecule has 1 saturated heterocycles. The van der Waals surface area contributed by atoms with Gasteiger partial charge >= 0.3 is 6.03 Å². The molecule has 3 amide bonds. The van der Waals surface area contributed by atoms with Crippen LogP contribution in [0.15, 0.2) is 30.3 Å². The van der Waals surface area contributed by atoms with Crippen molar-refractivity contribution in [1.29, 1.82) is 0 Å². The van der Waals surface area contributed by atoms with Crippen molar-refractivity contribution in [2.45, 2.75) is 57.5 Å².